The summed E-state index contributed by atoms with van der Waals surface area (Å²) in [6.07, 6.45) is 10.5. The lowest BCUT2D eigenvalue weighted by molar-refractivity contribution is 1.40. The molecular formula is C8H7N. The molecule has 0 amide bonds. The van der Waals surface area contributed by atoms with Crippen molar-refractivity contribution >= 4 is 0 Å². The lowest BCUT2D eigenvalue weighted by Crippen LogP contribution is -1.65. The predicted octanol–water partition coefficient (Wildman–Crippen LogP) is 1.95. The highest BCUT2D eigenvalue weighted by Gasteiger charge is 1.86. The zero-order valence-corrected chi connectivity index (χ0v) is 5.04. The number of nitriles is 1. The molecule has 0 aliphatic heterocycles. The molecule has 0 fully saturated rings. The molecule has 0 aromatic carbocycles. The second-order valence-corrected chi connectivity index (χ2v) is 1.80. The highest BCUT2D eigenvalue weighted by Crippen LogP contribution is 2.01. The Bertz CT molecular complexity index is 213. The van der Waals surface area contributed by atoms with Crippen LogP contribution in [0.3, 0.4) is 0 Å². The summed E-state index contributed by atoms with van der Waals surface area (Å²) < 4.78 is 0. The number of rotatable bonds is 0. The summed E-state index contributed by atoms with van der Waals surface area (Å²) in [4.78, 5) is 0. The fourth-order valence-electron chi connectivity index (χ4n) is 0.654. The van der Waals surface area contributed by atoms with E-state index in [1.165, 1.54) is 0 Å². The van der Waals surface area contributed by atoms with Crippen molar-refractivity contribution < 1.29 is 0 Å². The second-order valence-electron chi connectivity index (χ2n) is 1.80. The van der Waals surface area contributed by atoms with Crippen molar-refractivity contribution in [3.05, 3.63) is 36.0 Å². The van der Waals surface area contributed by atoms with Crippen LogP contribution in [0.5, 0.6) is 0 Å². The molecule has 0 aromatic heterocycles. The Balaban J connectivity index is 2.82. The van der Waals surface area contributed by atoms with Crippen LogP contribution in [0.4, 0.5) is 0 Å². The molecule has 0 saturated heterocycles. The summed E-state index contributed by atoms with van der Waals surface area (Å²) in [5.74, 6) is 0. The summed E-state index contributed by atoms with van der Waals surface area (Å²) in [5, 5.41) is 8.41. The maximum Gasteiger partial charge on any atom is 0.0991 e. The first-order chi connectivity index (χ1) is 4.43. The zero-order valence-electron chi connectivity index (χ0n) is 5.04. The van der Waals surface area contributed by atoms with E-state index < -0.39 is 0 Å². The van der Waals surface area contributed by atoms with Crippen molar-refractivity contribution in [3.63, 3.8) is 0 Å². The average Bonchev–Trinajstić information content (AvgIpc) is 2.13. The smallest absolute Gasteiger partial charge is 0.0991 e. The van der Waals surface area contributed by atoms with E-state index in [2.05, 4.69) is 6.07 Å². The SMILES string of the molecule is N#CC1=CC=CCC=C1. The van der Waals surface area contributed by atoms with Crippen LogP contribution in [0.2, 0.25) is 0 Å². The first kappa shape index (κ1) is 5.84. The van der Waals surface area contributed by atoms with E-state index in [0.717, 1.165) is 12.0 Å². The van der Waals surface area contributed by atoms with Gasteiger partial charge in [0.1, 0.15) is 0 Å². The molecule has 1 heteroatoms. The molecule has 1 rings (SSSR count). The van der Waals surface area contributed by atoms with E-state index in [4.69, 9.17) is 5.26 Å². The summed E-state index contributed by atoms with van der Waals surface area (Å²) in [7, 11) is 0. The van der Waals surface area contributed by atoms with Crippen molar-refractivity contribution in [1.82, 2.24) is 0 Å². The standard InChI is InChI=1S/C8H7N/c9-7-8-5-3-1-2-4-6-8/h1,3-6H,2H2. The van der Waals surface area contributed by atoms with E-state index in [-0.39, 0.29) is 0 Å². The van der Waals surface area contributed by atoms with Gasteiger partial charge in [-0.15, -0.1) is 0 Å². The highest BCUT2D eigenvalue weighted by molar-refractivity contribution is 5.37. The van der Waals surface area contributed by atoms with Gasteiger partial charge in [0, 0.05) is 0 Å². The van der Waals surface area contributed by atoms with Gasteiger partial charge in [0.2, 0.25) is 0 Å². The van der Waals surface area contributed by atoms with Gasteiger partial charge in [-0.2, -0.15) is 5.26 Å². The molecular weight excluding hydrogens is 110 g/mol. The molecule has 0 N–H and O–H groups in total. The summed E-state index contributed by atoms with van der Waals surface area (Å²) >= 11 is 0. The molecule has 0 atom stereocenters. The summed E-state index contributed by atoms with van der Waals surface area (Å²) in [6.45, 7) is 0. The number of hydrogen-bond acceptors (Lipinski definition) is 1. The quantitative estimate of drug-likeness (QED) is 0.475. The molecule has 0 heterocycles. The van der Waals surface area contributed by atoms with Crippen LogP contribution >= 0.6 is 0 Å². The van der Waals surface area contributed by atoms with Crippen LogP contribution in [-0.2, 0) is 0 Å². The topological polar surface area (TPSA) is 23.8 Å². The van der Waals surface area contributed by atoms with E-state index in [0.29, 0.717) is 0 Å². The molecule has 0 aromatic rings. The first-order valence-electron chi connectivity index (χ1n) is 2.87. The molecule has 1 nitrogen and oxygen atoms in total. The third kappa shape index (κ3) is 1.58. The van der Waals surface area contributed by atoms with Crippen molar-refractivity contribution in [1.29, 1.82) is 5.26 Å². The Morgan fingerprint density at radius 3 is 3.11 bits per heavy atom. The van der Waals surface area contributed by atoms with Gasteiger partial charge >= 0.3 is 0 Å². The van der Waals surface area contributed by atoms with Crippen LogP contribution in [-0.4, -0.2) is 0 Å². The van der Waals surface area contributed by atoms with Crippen LogP contribution in [0, 0.1) is 11.3 Å². The Morgan fingerprint density at radius 1 is 1.44 bits per heavy atom. The predicted molar refractivity (Wildman–Crippen MR) is 36.6 cm³/mol. The Hall–Kier alpha value is -1.29. The number of hydrogen-bond donors (Lipinski definition) is 0. The van der Waals surface area contributed by atoms with Gasteiger partial charge in [-0.25, -0.2) is 0 Å². The molecule has 0 unspecified atom stereocenters. The largest absolute Gasteiger partial charge is 0.192 e. The fraction of sp³-hybridized carbons (Fsp3) is 0.125. The molecule has 0 bridgehead atoms. The Kier molecular flexibility index (Phi) is 1.87. The van der Waals surface area contributed by atoms with E-state index in [1.807, 2.05) is 30.4 Å². The molecule has 0 saturated carbocycles. The Labute approximate surface area is 54.6 Å². The van der Waals surface area contributed by atoms with Gasteiger partial charge in [-0.1, -0.05) is 18.2 Å². The van der Waals surface area contributed by atoms with Crippen LogP contribution < -0.4 is 0 Å². The maximum atomic E-state index is 8.41. The van der Waals surface area contributed by atoms with E-state index >= 15 is 0 Å². The molecule has 1 aliphatic rings. The minimum absolute atomic E-state index is 0.726. The van der Waals surface area contributed by atoms with Crippen molar-refractivity contribution in [2.45, 2.75) is 6.42 Å². The lowest BCUT2D eigenvalue weighted by Gasteiger charge is -1.77. The Morgan fingerprint density at radius 2 is 2.33 bits per heavy atom. The van der Waals surface area contributed by atoms with Crippen molar-refractivity contribution in [2.24, 2.45) is 0 Å². The second kappa shape index (κ2) is 2.88. The van der Waals surface area contributed by atoms with Crippen molar-refractivity contribution in [2.75, 3.05) is 0 Å². The fourth-order valence-corrected chi connectivity index (χ4v) is 0.654. The average molecular weight is 117 g/mol. The van der Waals surface area contributed by atoms with Gasteiger partial charge in [-0.05, 0) is 18.6 Å². The molecule has 0 spiro atoms. The first-order valence-corrected chi connectivity index (χ1v) is 2.87. The van der Waals surface area contributed by atoms with E-state index in [9.17, 15) is 0 Å². The number of allylic oxidation sites excluding steroid dienone is 6. The zero-order chi connectivity index (χ0) is 6.53. The van der Waals surface area contributed by atoms with Crippen LogP contribution in [0.1, 0.15) is 6.42 Å². The summed E-state index contributed by atoms with van der Waals surface area (Å²) in [6, 6.07) is 2.07. The minimum atomic E-state index is 0.726. The van der Waals surface area contributed by atoms with Crippen molar-refractivity contribution in [3.8, 4) is 6.07 Å². The molecule has 0 radical (unpaired) electrons. The van der Waals surface area contributed by atoms with Gasteiger partial charge in [-0.3, -0.25) is 0 Å². The van der Waals surface area contributed by atoms with E-state index in [1.54, 1.807) is 0 Å². The van der Waals surface area contributed by atoms with Gasteiger partial charge in [0.15, 0.2) is 0 Å². The third-order valence-corrected chi connectivity index (χ3v) is 1.11. The highest BCUT2D eigenvalue weighted by atomic mass is 14.2. The number of nitrogens with zero attached hydrogens (tertiary/aromatic N) is 1. The van der Waals surface area contributed by atoms with Gasteiger partial charge in [0.05, 0.1) is 11.6 Å². The normalized spacial score (nSPS) is 16.1. The molecule has 44 valence electrons. The van der Waals surface area contributed by atoms with Crippen LogP contribution in [0.15, 0.2) is 36.0 Å². The third-order valence-electron chi connectivity index (χ3n) is 1.11. The summed E-state index contributed by atoms with van der Waals surface area (Å²) in [5.41, 5.74) is 0.726. The monoisotopic (exact) mass is 117 g/mol. The molecule has 9 heavy (non-hydrogen) atoms. The minimum Gasteiger partial charge on any atom is -0.192 e. The van der Waals surface area contributed by atoms with Crippen LogP contribution in [0.25, 0.3) is 0 Å². The van der Waals surface area contributed by atoms with Gasteiger partial charge < -0.3 is 0 Å². The van der Waals surface area contributed by atoms with Gasteiger partial charge in [0.25, 0.3) is 0 Å². The maximum absolute atomic E-state index is 8.41. The lowest BCUT2D eigenvalue weighted by atomic mass is 10.3. The molecule has 1 aliphatic carbocycles.